The zero-order valence-corrected chi connectivity index (χ0v) is 9.86. The first-order valence-corrected chi connectivity index (χ1v) is 6.06. The third kappa shape index (κ3) is 2.86. The molecule has 2 rings (SSSR count). The summed E-state index contributed by atoms with van der Waals surface area (Å²) in [5.41, 5.74) is 0.513. The maximum Gasteiger partial charge on any atom is 0.164 e. The monoisotopic (exact) mass is 242 g/mol. The lowest BCUT2D eigenvalue weighted by Crippen LogP contribution is -2.22. The van der Waals surface area contributed by atoms with Crippen LogP contribution >= 0.6 is 11.6 Å². The molecular formula is C12H16ClFN2. The van der Waals surface area contributed by atoms with Gasteiger partial charge in [-0.25, -0.2) is 4.39 Å². The largest absolute Gasteiger partial charge is 0.380 e. The van der Waals surface area contributed by atoms with E-state index in [2.05, 4.69) is 10.6 Å². The molecule has 0 bridgehead atoms. The van der Waals surface area contributed by atoms with Crippen LogP contribution in [0.2, 0.25) is 5.02 Å². The molecule has 1 aromatic carbocycles. The van der Waals surface area contributed by atoms with E-state index in [0.717, 1.165) is 32.4 Å². The van der Waals surface area contributed by atoms with Gasteiger partial charge < -0.3 is 10.6 Å². The lowest BCUT2D eigenvalue weighted by Gasteiger charge is -2.18. The molecule has 1 fully saturated rings. The van der Waals surface area contributed by atoms with Gasteiger partial charge in [0.15, 0.2) is 5.82 Å². The molecule has 1 aromatic rings. The van der Waals surface area contributed by atoms with Gasteiger partial charge in [0.25, 0.3) is 0 Å². The van der Waals surface area contributed by atoms with Crippen molar-refractivity contribution >= 4 is 17.3 Å². The van der Waals surface area contributed by atoms with Crippen LogP contribution in [0.15, 0.2) is 18.2 Å². The van der Waals surface area contributed by atoms with Gasteiger partial charge in [-0.3, -0.25) is 0 Å². The van der Waals surface area contributed by atoms with Crippen molar-refractivity contribution < 1.29 is 4.39 Å². The molecule has 0 radical (unpaired) electrons. The topological polar surface area (TPSA) is 24.1 Å². The molecule has 0 aromatic heterocycles. The fourth-order valence-electron chi connectivity index (χ4n) is 2.00. The molecule has 88 valence electrons. The number of hydrogen-bond acceptors (Lipinski definition) is 2. The predicted octanol–water partition coefficient (Wildman–Crippen LogP) is 3.03. The van der Waals surface area contributed by atoms with Gasteiger partial charge >= 0.3 is 0 Å². The molecule has 4 heteroatoms. The van der Waals surface area contributed by atoms with Crippen molar-refractivity contribution in [3.63, 3.8) is 0 Å². The van der Waals surface area contributed by atoms with E-state index in [-0.39, 0.29) is 10.8 Å². The highest BCUT2D eigenvalue weighted by molar-refractivity contribution is 6.31. The highest BCUT2D eigenvalue weighted by atomic mass is 35.5. The molecule has 0 saturated carbocycles. The number of halogens is 2. The molecule has 2 nitrogen and oxygen atoms in total. The highest BCUT2D eigenvalue weighted by Gasteiger charge is 2.14. The molecule has 1 aliphatic rings. The van der Waals surface area contributed by atoms with Gasteiger partial charge in [0, 0.05) is 6.04 Å². The Bertz CT molecular complexity index is 349. The van der Waals surface area contributed by atoms with Gasteiger partial charge in [-0.15, -0.1) is 0 Å². The third-order valence-corrected chi connectivity index (χ3v) is 3.18. The highest BCUT2D eigenvalue weighted by Crippen LogP contribution is 2.24. The Morgan fingerprint density at radius 2 is 2.19 bits per heavy atom. The van der Waals surface area contributed by atoms with Gasteiger partial charge in [-0.05, 0) is 44.5 Å². The first-order valence-electron chi connectivity index (χ1n) is 5.68. The van der Waals surface area contributed by atoms with Crippen LogP contribution in [0.3, 0.4) is 0 Å². The summed E-state index contributed by atoms with van der Waals surface area (Å²) in [5, 5.41) is 6.74. The van der Waals surface area contributed by atoms with Crippen LogP contribution in [0.25, 0.3) is 0 Å². The van der Waals surface area contributed by atoms with E-state index < -0.39 is 0 Å². The summed E-state index contributed by atoms with van der Waals surface area (Å²) in [7, 11) is 0. The molecule has 0 spiro atoms. The summed E-state index contributed by atoms with van der Waals surface area (Å²) in [6.07, 6.45) is 3.21. The minimum absolute atomic E-state index is 0.178. The maximum atomic E-state index is 13.6. The van der Waals surface area contributed by atoms with Crippen LogP contribution in [-0.4, -0.2) is 19.1 Å². The zero-order chi connectivity index (χ0) is 11.4. The van der Waals surface area contributed by atoms with Crippen LogP contribution in [0.1, 0.15) is 19.3 Å². The van der Waals surface area contributed by atoms with Crippen LogP contribution in [0.5, 0.6) is 0 Å². The van der Waals surface area contributed by atoms with E-state index in [1.807, 2.05) is 0 Å². The number of rotatable bonds is 2. The van der Waals surface area contributed by atoms with Crippen LogP contribution in [-0.2, 0) is 0 Å². The van der Waals surface area contributed by atoms with Gasteiger partial charge in [-0.2, -0.15) is 0 Å². The Kier molecular flexibility index (Phi) is 4.02. The average Bonchev–Trinajstić information content (AvgIpc) is 2.53. The van der Waals surface area contributed by atoms with Gasteiger partial charge in [0.05, 0.1) is 10.7 Å². The predicted molar refractivity (Wildman–Crippen MR) is 65.5 cm³/mol. The minimum Gasteiger partial charge on any atom is -0.380 e. The van der Waals surface area contributed by atoms with Gasteiger partial charge in [0.2, 0.25) is 0 Å². The summed E-state index contributed by atoms with van der Waals surface area (Å²) in [5.74, 6) is -0.346. The van der Waals surface area contributed by atoms with E-state index in [9.17, 15) is 4.39 Å². The van der Waals surface area contributed by atoms with Crippen LogP contribution in [0, 0.1) is 5.82 Å². The molecule has 1 heterocycles. The number of nitrogens with one attached hydrogen (secondary N) is 2. The summed E-state index contributed by atoms with van der Waals surface area (Å²) in [6, 6.07) is 5.40. The average molecular weight is 243 g/mol. The Hall–Kier alpha value is -0.800. The SMILES string of the molecule is Fc1c(Cl)cccc1NC1CCCNCC1. The normalized spacial score (nSPS) is 21.5. The molecule has 1 unspecified atom stereocenters. The molecule has 16 heavy (non-hydrogen) atoms. The van der Waals surface area contributed by atoms with Gasteiger partial charge in [0.1, 0.15) is 0 Å². The summed E-state index contributed by atoms with van der Waals surface area (Å²) < 4.78 is 13.6. The second-order valence-corrected chi connectivity index (χ2v) is 4.53. The molecule has 1 atom stereocenters. The fraction of sp³-hybridized carbons (Fsp3) is 0.500. The van der Waals surface area contributed by atoms with Crippen LogP contribution < -0.4 is 10.6 Å². The number of hydrogen-bond donors (Lipinski definition) is 2. The maximum absolute atomic E-state index is 13.6. The first-order chi connectivity index (χ1) is 7.77. The molecule has 1 aliphatic heterocycles. The van der Waals surface area contributed by atoms with Crippen molar-refractivity contribution in [2.24, 2.45) is 0 Å². The van der Waals surface area contributed by atoms with E-state index in [1.165, 1.54) is 0 Å². The Morgan fingerprint density at radius 1 is 1.31 bits per heavy atom. The Labute approximate surface area is 100 Å². The lowest BCUT2D eigenvalue weighted by molar-refractivity contribution is 0.606. The van der Waals surface area contributed by atoms with Crippen LogP contribution in [0.4, 0.5) is 10.1 Å². The molecule has 0 aliphatic carbocycles. The van der Waals surface area contributed by atoms with E-state index >= 15 is 0 Å². The number of benzene rings is 1. The third-order valence-electron chi connectivity index (χ3n) is 2.89. The second-order valence-electron chi connectivity index (χ2n) is 4.12. The minimum atomic E-state index is -0.346. The second kappa shape index (κ2) is 5.51. The van der Waals surface area contributed by atoms with E-state index in [0.29, 0.717) is 11.7 Å². The van der Waals surface area contributed by atoms with E-state index in [1.54, 1.807) is 18.2 Å². The van der Waals surface area contributed by atoms with Crippen molar-refractivity contribution in [2.45, 2.75) is 25.3 Å². The Balaban J connectivity index is 2.04. The zero-order valence-electron chi connectivity index (χ0n) is 9.10. The van der Waals surface area contributed by atoms with Crippen molar-refractivity contribution in [1.29, 1.82) is 0 Å². The van der Waals surface area contributed by atoms with Gasteiger partial charge in [-0.1, -0.05) is 17.7 Å². The number of anilines is 1. The fourth-order valence-corrected chi connectivity index (χ4v) is 2.17. The standard InChI is InChI=1S/C12H16ClFN2/c13-10-4-1-5-11(12(10)14)16-9-3-2-7-15-8-6-9/h1,4-5,9,15-16H,2-3,6-8H2. The van der Waals surface area contributed by atoms with E-state index in [4.69, 9.17) is 11.6 Å². The summed E-state index contributed by atoms with van der Waals surface area (Å²) in [6.45, 7) is 2.04. The van der Waals surface area contributed by atoms with Crippen molar-refractivity contribution in [2.75, 3.05) is 18.4 Å². The van der Waals surface area contributed by atoms with Crippen molar-refractivity contribution in [3.8, 4) is 0 Å². The first kappa shape index (κ1) is 11.7. The van der Waals surface area contributed by atoms with Crippen molar-refractivity contribution in [3.05, 3.63) is 29.0 Å². The smallest absolute Gasteiger partial charge is 0.164 e. The molecule has 0 amide bonds. The Morgan fingerprint density at radius 3 is 3.06 bits per heavy atom. The molecular weight excluding hydrogens is 227 g/mol. The summed E-state index contributed by atoms with van der Waals surface area (Å²) >= 11 is 5.74. The quantitative estimate of drug-likeness (QED) is 0.833. The molecule has 1 saturated heterocycles. The lowest BCUT2D eigenvalue weighted by atomic mass is 10.1. The molecule has 2 N–H and O–H groups in total. The summed E-state index contributed by atoms with van der Waals surface area (Å²) in [4.78, 5) is 0. The van der Waals surface area contributed by atoms with Crippen molar-refractivity contribution in [1.82, 2.24) is 5.32 Å².